The standard InChI is InChI=1S/C40H26N4O4/c45-39(47-37-25-23-35(31-15-7-9-17-33(31)37)43-41-29-11-3-1-4-12-29)27-19-21-28(22-20-27)40(46)48-38-26-24-36(32-16-8-10-18-34(32)38)44-42-30-13-5-2-6-14-30/h1-26H/b43-41+,44-42+. The fraction of sp³-hybridized carbons (Fsp3) is 0. The van der Waals surface area contributed by atoms with Gasteiger partial charge in [0.25, 0.3) is 0 Å². The van der Waals surface area contributed by atoms with Crippen molar-refractivity contribution in [1.29, 1.82) is 0 Å². The topological polar surface area (TPSA) is 102 Å². The van der Waals surface area contributed by atoms with Gasteiger partial charge in [0.1, 0.15) is 11.5 Å². The summed E-state index contributed by atoms with van der Waals surface area (Å²) in [6.45, 7) is 0. The van der Waals surface area contributed by atoms with Crippen LogP contribution in [0, 0.1) is 0 Å². The highest BCUT2D eigenvalue weighted by atomic mass is 16.5. The van der Waals surface area contributed by atoms with E-state index in [2.05, 4.69) is 20.5 Å². The summed E-state index contributed by atoms with van der Waals surface area (Å²) in [5.74, 6) is -0.359. The van der Waals surface area contributed by atoms with Gasteiger partial charge in [-0.2, -0.15) is 10.2 Å². The Morgan fingerprint density at radius 1 is 0.354 bits per heavy atom. The maximum absolute atomic E-state index is 13.2. The monoisotopic (exact) mass is 626 g/mol. The van der Waals surface area contributed by atoms with Crippen LogP contribution in [0.25, 0.3) is 21.5 Å². The minimum Gasteiger partial charge on any atom is -0.422 e. The van der Waals surface area contributed by atoms with Gasteiger partial charge in [0.05, 0.1) is 33.9 Å². The SMILES string of the molecule is O=C(Oc1ccc(/N=N/c2ccccc2)c2ccccc12)c1ccc(C(=O)Oc2ccc(/N=N/c3ccccc3)c3ccccc23)cc1. The van der Waals surface area contributed by atoms with Crippen molar-refractivity contribution < 1.29 is 19.1 Å². The van der Waals surface area contributed by atoms with Gasteiger partial charge in [-0.05, 0) is 72.8 Å². The lowest BCUT2D eigenvalue weighted by Gasteiger charge is -2.11. The van der Waals surface area contributed by atoms with Gasteiger partial charge in [0.15, 0.2) is 0 Å². The predicted molar refractivity (Wildman–Crippen MR) is 185 cm³/mol. The average molecular weight is 627 g/mol. The van der Waals surface area contributed by atoms with Gasteiger partial charge in [-0.3, -0.25) is 0 Å². The van der Waals surface area contributed by atoms with E-state index >= 15 is 0 Å². The largest absolute Gasteiger partial charge is 0.422 e. The Hall–Kier alpha value is -6.80. The molecule has 0 aliphatic heterocycles. The highest BCUT2D eigenvalue weighted by Gasteiger charge is 2.16. The molecule has 0 atom stereocenters. The van der Waals surface area contributed by atoms with Crippen LogP contribution in [-0.4, -0.2) is 11.9 Å². The van der Waals surface area contributed by atoms with Crippen LogP contribution in [0.2, 0.25) is 0 Å². The van der Waals surface area contributed by atoms with Crippen molar-refractivity contribution in [3.05, 3.63) is 169 Å². The molecular formula is C40H26N4O4. The minimum atomic E-state index is -0.565. The summed E-state index contributed by atoms with van der Waals surface area (Å²) in [5, 5.41) is 20.5. The fourth-order valence-electron chi connectivity index (χ4n) is 5.14. The molecule has 8 nitrogen and oxygen atoms in total. The number of benzene rings is 7. The molecule has 0 aliphatic carbocycles. The number of hydrogen-bond acceptors (Lipinski definition) is 8. The lowest BCUT2D eigenvalue weighted by atomic mass is 10.1. The van der Waals surface area contributed by atoms with Crippen LogP contribution >= 0.6 is 0 Å². The molecule has 7 rings (SSSR count). The third-order valence-corrected chi connectivity index (χ3v) is 7.54. The summed E-state index contributed by atoms with van der Waals surface area (Å²) >= 11 is 0. The normalized spacial score (nSPS) is 11.3. The number of ether oxygens (including phenoxy) is 2. The van der Waals surface area contributed by atoms with E-state index in [0.29, 0.717) is 22.9 Å². The van der Waals surface area contributed by atoms with Crippen LogP contribution in [-0.2, 0) is 0 Å². The van der Waals surface area contributed by atoms with E-state index in [0.717, 1.165) is 32.9 Å². The number of carbonyl (C=O) groups is 2. The quantitative estimate of drug-likeness (QED) is 0.0951. The maximum Gasteiger partial charge on any atom is 0.343 e. The molecule has 7 aromatic rings. The van der Waals surface area contributed by atoms with Crippen molar-refractivity contribution in [2.45, 2.75) is 0 Å². The summed E-state index contributed by atoms with van der Waals surface area (Å²) in [4.78, 5) is 26.3. The third kappa shape index (κ3) is 6.59. The highest BCUT2D eigenvalue weighted by Crippen LogP contribution is 2.36. The zero-order chi connectivity index (χ0) is 32.7. The first-order valence-electron chi connectivity index (χ1n) is 15.1. The summed E-state index contributed by atoms with van der Waals surface area (Å²) in [5.41, 5.74) is 3.33. The van der Waals surface area contributed by atoms with Gasteiger partial charge in [-0.1, -0.05) is 84.9 Å². The number of esters is 2. The number of rotatable bonds is 8. The van der Waals surface area contributed by atoms with E-state index in [9.17, 15) is 9.59 Å². The van der Waals surface area contributed by atoms with Crippen molar-refractivity contribution in [2.24, 2.45) is 20.5 Å². The molecule has 0 aromatic heterocycles. The number of carbonyl (C=O) groups excluding carboxylic acids is 2. The van der Waals surface area contributed by atoms with Gasteiger partial charge in [-0.15, -0.1) is 10.2 Å². The van der Waals surface area contributed by atoms with E-state index in [1.807, 2.05) is 109 Å². The Kier molecular flexibility index (Phi) is 8.52. The van der Waals surface area contributed by atoms with Crippen LogP contribution in [0.1, 0.15) is 20.7 Å². The molecule has 7 aromatic carbocycles. The molecule has 0 N–H and O–H groups in total. The lowest BCUT2D eigenvalue weighted by molar-refractivity contribution is 0.0723. The first-order valence-corrected chi connectivity index (χ1v) is 15.1. The molecule has 230 valence electrons. The van der Waals surface area contributed by atoms with Crippen molar-refractivity contribution in [3.8, 4) is 11.5 Å². The van der Waals surface area contributed by atoms with Gasteiger partial charge >= 0.3 is 11.9 Å². The molecule has 0 fully saturated rings. The van der Waals surface area contributed by atoms with E-state index in [4.69, 9.17) is 9.47 Å². The molecule has 0 aliphatic rings. The van der Waals surface area contributed by atoms with Gasteiger partial charge < -0.3 is 9.47 Å². The third-order valence-electron chi connectivity index (χ3n) is 7.54. The Morgan fingerprint density at radius 3 is 1.10 bits per heavy atom. The summed E-state index contributed by atoms with van der Waals surface area (Å²) < 4.78 is 11.6. The average Bonchev–Trinajstić information content (AvgIpc) is 3.15. The summed E-state index contributed by atoms with van der Waals surface area (Å²) in [6.07, 6.45) is 0. The second-order valence-electron chi connectivity index (χ2n) is 10.7. The van der Waals surface area contributed by atoms with Gasteiger partial charge in [-0.25, -0.2) is 9.59 Å². The first kappa shape index (κ1) is 29.9. The van der Waals surface area contributed by atoms with E-state index in [1.54, 1.807) is 24.3 Å². The molecule has 0 spiro atoms. The predicted octanol–water partition coefficient (Wildman–Crippen LogP) is 11.3. The van der Waals surface area contributed by atoms with Crippen LogP contribution in [0.5, 0.6) is 11.5 Å². The van der Waals surface area contributed by atoms with Crippen molar-refractivity contribution in [3.63, 3.8) is 0 Å². The molecule has 48 heavy (non-hydrogen) atoms. The zero-order valence-electron chi connectivity index (χ0n) is 25.4. The summed E-state index contributed by atoms with van der Waals surface area (Å²) in [7, 11) is 0. The van der Waals surface area contributed by atoms with E-state index in [-0.39, 0.29) is 11.1 Å². The molecule has 0 unspecified atom stereocenters. The Balaban J connectivity index is 1.06. The first-order chi connectivity index (χ1) is 23.6. The zero-order valence-corrected chi connectivity index (χ0v) is 25.4. The molecular weight excluding hydrogens is 600 g/mol. The molecule has 0 bridgehead atoms. The van der Waals surface area contributed by atoms with Crippen LogP contribution in [0.3, 0.4) is 0 Å². The maximum atomic E-state index is 13.2. The minimum absolute atomic E-state index is 0.280. The molecule has 0 saturated carbocycles. The molecule has 0 amide bonds. The smallest absolute Gasteiger partial charge is 0.343 e. The van der Waals surface area contributed by atoms with Crippen molar-refractivity contribution in [2.75, 3.05) is 0 Å². The Morgan fingerprint density at radius 2 is 0.708 bits per heavy atom. The fourth-order valence-corrected chi connectivity index (χ4v) is 5.14. The number of nitrogens with zero attached hydrogens (tertiary/aromatic N) is 4. The number of hydrogen-bond donors (Lipinski definition) is 0. The van der Waals surface area contributed by atoms with Gasteiger partial charge in [0, 0.05) is 21.5 Å². The number of fused-ring (bicyclic) bond motifs is 2. The van der Waals surface area contributed by atoms with Gasteiger partial charge in [0.2, 0.25) is 0 Å². The van der Waals surface area contributed by atoms with E-state index in [1.165, 1.54) is 24.3 Å². The molecule has 0 saturated heterocycles. The van der Waals surface area contributed by atoms with Crippen LogP contribution < -0.4 is 9.47 Å². The molecule has 0 heterocycles. The van der Waals surface area contributed by atoms with Crippen LogP contribution in [0.4, 0.5) is 22.7 Å². The molecule has 0 radical (unpaired) electrons. The Labute approximate surface area is 275 Å². The van der Waals surface area contributed by atoms with Crippen molar-refractivity contribution >= 4 is 56.2 Å². The van der Waals surface area contributed by atoms with Crippen molar-refractivity contribution in [1.82, 2.24) is 0 Å². The van der Waals surface area contributed by atoms with E-state index < -0.39 is 11.9 Å². The van der Waals surface area contributed by atoms with Crippen LogP contribution in [0.15, 0.2) is 178 Å². The number of azo groups is 2. The lowest BCUT2D eigenvalue weighted by Crippen LogP contribution is -2.11. The highest BCUT2D eigenvalue weighted by molar-refractivity contribution is 6.02. The summed E-state index contributed by atoms with van der Waals surface area (Å²) in [6, 6.07) is 47.0. The Bertz CT molecular complexity index is 2160. The second kappa shape index (κ2) is 13.7. The second-order valence-corrected chi connectivity index (χ2v) is 10.7. The molecule has 8 heteroatoms.